The van der Waals surface area contributed by atoms with E-state index in [1.54, 1.807) is 11.0 Å². The lowest BCUT2D eigenvalue weighted by Gasteiger charge is -2.34. The molecule has 0 spiro atoms. The molecular weight excluding hydrogens is 384 g/mol. The molecule has 9 heteroatoms. The van der Waals surface area contributed by atoms with Crippen LogP contribution >= 0.6 is 0 Å². The molecule has 1 aliphatic carbocycles. The Morgan fingerprint density at radius 3 is 2.37 bits per heavy atom. The summed E-state index contributed by atoms with van der Waals surface area (Å²) in [5, 5.41) is 30.6. The summed E-state index contributed by atoms with van der Waals surface area (Å²) in [5.41, 5.74) is 1.96. The van der Waals surface area contributed by atoms with Gasteiger partial charge in [-0.25, -0.2) is 9.67 Å². The molecule has 2 aliphatic rings. The molecule has 9 nitrogen and oxygen atoms in total. The smallest absolute Gasteiger partial charge is 0.290 e. The van der Waals surface area contributed by atoms with E-state index >= 15 is 0 Å². The molecule has 2 aromatic heterocycles. The Morgan fingerprint density at radius 2 is 1.73 bits per heavy atom. The molecule has 2 fully saturated rings. The van der Waals surface area contributed by atoms with Crippen LogP contribution in [0.4, 0.5) is 5.82 Å². The topological polar surface area (TPSA) is 117 Å². The zero-order chi connectivity index (χ0) is 20.9. The maximum absolute atomic E-state index is 10.6. The van der Waals surface area contributed by atoms with Gasteiger partial charge < -0.3 is 15.1 Å². The summed E-state index contributed by atoms with van der Waals surface area (Å²) in [7, 11) is 0. The molecule has 0 amide bonds. The minimum absolute atomic E-state index is 0.0141. The molecule has 0 bridgehead atoms. The van der Waals surface area contributed by atoms with Gasteiger partial charge in [-0.15, -0.1) is 10.2 Å². The van der Waals surface area contributed by atoms with Gasteiger partial charge in [0.05, 0.1) is 17.8 Å². The van der Waals surface area contributed by atoms with Gasteiger partial charge in [0, 0.05) is 18.7 Å². The Labute approximate surface area is 174 Å². The Hall–Kier alpha value is -3.33. The first kappa shape index (κ1) is 20.0. The fourth-order valence-corrected chi connectivity index (χ4v) is 4.52. The second-order valence-corrected chi connectivity index (χ2v) is 7.65. The molecule has 2 N–H and O–H groups in total. The first-order chi connectivity index (χ1) is 14.7. The molecule has 0 radical (unpaired) electrons. The van der Waals surface area contributed by atoms with E-state index in [1.807, 2.05) is 36.4 Å². The van der Waals surface area contributed by atoms with E-state index in [4.69, 9.17) is 9.90 Å². The monoisotopic (exact) mass is 408 g/mol. The van der Waals surface area contributed by atoms with Crippen molar-refractivity contribution < 1.29 is 15.0 Å². The summed E-state index contributed by atoms with van der Waals surface area (Å²) in [6.45, 7) is 1.62. The fraction of sp³-hybridized carbons (Fsp3) is 0.381. The minimum Gasteiger partial charge on any atom is -0.483 e. The van der Waals surface area contributed by atoms with Gasteiger partial charge in [-0.05, 0) is 36.8 Å². The molecule has 1 aromatic carbocycles. The van der Waals surface area contributed by atoms with Crippen LogP contribution in [0.5, 0.6) is 0 Å². The normalized spacial score (nSPS) is 25.2. The highest BCUT2D eigenvalue weighted by Gasteiger charge is 2.43. The van der Waals surface area contributed by atoms with E-state index < -0.39 is 0 Å². The first-order valence-electron chi connectivity index (χ1n) is 9.93. The summed E-state index contributed by atoms with van der Waals surface area (Å²) < 4.78 is 1.80. The van der Waals surface area contributed by atoms with Crippen molar-refractivity contribution in [1.82, 2.24) is 25.0 Å². The summed E-state index contributed by atoms with van der Waals surface area (Å²) in [6.07, 6.45) is 4.57. The third kappa shape index (κ3) is 4.16. The summed E-state index contributed by atoms with van der Waals surface area (Å²) >= 11 is 0. The third-order valence-electron chi connectivity index (χ3n) is 5.93. The molecule has 0 unspecified atom stereocenters. The molecule has 1 saturated heterocycles. The zero-order valence-corrected chi connectivity index (χ0v) is 16.4. The van der Waals surface area contributed by atoms with Gasteiger partial charge in [-0.1, -0.05) is 30.3 Å². The average molecular weight is 408 g/mol. The Balaban J connectivity index is 0.000000687. The minimum atomic E-state index is -0.376. The number of carbonyl (C=O) groups is 1. The Kier molecular flexibility index (Phi) is 5.99. The number of carboxylic acid groups (broad SMARTS) is 1. The zero-order valence-electron chi connectivity index (χ0n) is 16.4. The highest BCUT2D eigenvalue weighted by Crippen LogP contribution is 2.41. The molecule has 5 rings (SSSR count). The van der Waals surface area contributed by atoms with Crippen molar-refractivity contribution in [1.29, 1.82) is 0 Å². The predicted molar refractivity (Wildman–Crippen MR) is 110 cm³/mol. The van der Waals surface area contributed by atoms with Crippen LogP contribution in [-0.4, -0.2) is 60.8 Å². The van der Waals surface area contributed by atoms with Crippen molar-refractivity contribution in [2.45, 2.75) is 25.0 Å². The van der Waals surface area contributed by atoms with E-state index in [2.05, 4.69) is 31.2 Å². The summed E-state index contributed by atoms with van der Waals surface area (Å²) in [6, 6.07) is 14.2. The molecule has 1 saturated carbocycles. The lowest BCUT2D eigenvalue weighted by Crippen LogP contribution is -2.36. The van der Waals surface area contributed by atoms with E-state index in [-0.39, 0.29) is 18.6 Å². The number of hydrogen-bond donors (Lipinski definition) is 2. The van der Waals surface area contributed by atoms with Crippen molar-refractivity contribution in [3.05, 3.63) is 55.1 Å². The van der Waals surface area contributed by atoms with Crippen molar-refractivity contribution in [2.24, 2.45) is 11.8 Å². The number of hydrogen-bond acceptors (Lipinski definition) is 7. The molecule has 1 aliphatic heterocycles. The Bertz CT molecular complexity index is 935. The number of aliphatic hydroxyl groups is 1. The number of anilines is 1. The second-order valence-electron chi connectivity index (χ2n) is 7.65. The SMILES string of the molecule is O=CO.O[C@@H]1C[C@H]2CN(c3ccc(-c4ccccc4)nn3)C[C@H]2C[C@H]1n1cncn1. The van der Waals surface area contributed by atoms with Gasteiger partial charge in [-0.2, -0.15) is 5.10 Å². The van der Waals surface area contributed by atoms with Gasteiger partial charge >= 0.3 is 0 Å². The Morgan fingerprint density at radius 1 is 1.00 bits per heavy atom. The number of fused-ring (bicyclic) bond motifs is 1. The third-order valence-corrected chi connectivity index (χ3v) is 5.93. The number of benzene rings is 1. The van der Waals surface area contributed by atoms with Gasteiger partial charge in [0.2, 0.25) is 0 Å². The summed E-state index contributed by atoms with van der Waals surface area (Å²) in [4.78, 5) is 14.7. The average Bonchev–Trinajstić information content (AvgIpc) is 3.44. The number of aliphatic hydroxyl groups excluding tert-OH is 1. The van der Waals surface area contributed by atoms with Crippen LogP contribution in [0, 0.1) is 11.8 Å². The first-order valence-corrected chi connectivity index (χ1v) is 9.93. The largest absolute Gasteiger partial charge is 0.483 e. The maximum atomic E-state index is 10.6. The van der Waals surface area contributed by atoms with Crippen LogP contribution < -0.4 is 4.90 Å². The molecule has 4 atom stereocenters. The standard InChI is InChI=1S/C20H22N6O.CH2O2/c27-19-9-16-11-25(10-15(16)8-18(19)26-13-21-12-22-26)20-7-6-17(23-24-20)14-4-2-1-3-5-14;2-1-3/h1-7,12-13,15-16,18-19,27H,8-11H2;1H,(H,2,3)/t15-,16+,18-,19-;/m1./s1. The van der Waals surface area contributed by atoms with E-state index in [0.717, 1.165) is 43.0 Å². The highest BCUT2D eigenvalue weighted by atomic mass is 16.3. The van der Waals surface area contributed by atoms with Crippen LogP contribution in [0.15, 0.2) is 55.1 Å². The molecule has 3 aromatic rings. The number of nitrogens with zero attached hydrogens (tertiary/aromatic N) is 6. The second kappa shape index (κ2) is 9.00. The van der Waals surface area contributed by atoms with Gasteiger partial charge in [0.25, 0.3) is 6.47 Å². The van der Waals surface area contributed by atoms with Gasteiger partial charge in [-0.3, -0.25) is 4.79 Å². The highest BCUT2D eigenvalue weighted by molar-refractivity contribution is 5.59. The van der Waals surface area contributed by atoms with Gasteiger partial charge in [0.1, 0.15) is 12.7 Å². The molecule has 30 heavy (non-hydrogen) atoms. The van der Waals surface area contributed by atoms with Crippen molar-refractivity contribution in [2.75, 3.05) is 18.0 Å². The van der Waals surface area contributed by atoms with Crippen LogP contribution in [0.2, 0.25) is 0 Å². The lowest BCUT2D eigenvalue weighted by atomic mass is 9.77. The van der Waals surface area contributed by atoms with E-state index in [9.17, 15) is 5.11 Å². The van der Waals surface area contributed by atoms with Crippen molar-refractivity contribution in [3.63, 3.8) is 0 Å². The maximum Gasteiger partial charge on any atom is 0.290 e. The molecular formula is C21H24N6O3. The van der Waals surface area contributed by atoms with E-state index in [1.165, 1.54) is 6.33 Å². The van der Waals surface area contributed by atoms with Crippen LogP contribution in [0.25, 0.3) is 11.3 Å². The van der Waals surface area contributed by atoms with Crippen LogP contribution in [0.1, 0.15) is 18.9 Å². The van der Waals surface area contributed by atoms with Crippen LogP contribution in [-0.2, 0) is 4.79 Å². The predicted octanol–water partition coefficient (Wildman–Crippen LogP) is 1.88. The lowest BCUT2D eigenvalue weighted by molar-refractivity contribution is -0.122. The van der Waals surface area contributed by atoms with Gasteiger partial charge in [0.15, 0.2) is 5.82 Å². The number of aromatic nitrogens is 5. The molecule has 3 heterocycles. The van der Waals surface area contributed by atoms with E-state index in [0.29, 0.717) is 11.8 Å². The molecule has 156 valence electrons. The fourth-order valence-electron chi connectivity index (χ4n) is 4.52. The van der Waals surface area contributed by atoms with Crippen molar-refractivity contribution in [3.8, 4) is 11.3 Å². The van der Waals surface area contributed by atoms with Crippen molar-refractivity contribution >= 4 is 12.3 Å². The quantitative estimate of drug-likeness (QED) is 0.631. The number of rotatable bonds is 3. The summed E-state index contributed by atoms with van der Waals surface area (Å²) in [5.74, 6) is 1.92. The van der Waals surface area contributed by atoms with Crippen LogP contribution in [0.3, 0.4) is 0 Å².